The molecule has 0 radical (unpaired) electrons. The van der Waals surface area contributed by atoms with Crippen molar-refractivity contribution in [2.24, 2.45) is 0 Å². The Labute approximate surface area is 112 Å². The zero-order valence-electron chi connectivity index (χ0n) is 10.5. The number of hydrogen-bond acceptors (Lipinski definition) is 2. The highest BCUT2D eigenvalue weighted by atomic mass is 35.5. The zero-order valence-corrected chi connectivity index (χ0v) is 11.3. The summed E-state index contributed by atoms with van der Waals surface area (Å²) in [4.78, 5) is 13.0. The van der Waals surface area contributed by atoms with E-state index >= 15 is 0 Å². The molecule has 1 atom stereocenters. The Balaban J connectivity index is 2.24. The lowest BCUT2D eigenvalue weighted by Gasteiger charge is -2.27. The molecule has 0 fully saturated rings. The van der Waals surface area contributed by atoms with Gasteiger partial charge in [0.15, 0.2) is 0 Å². The van der Waals surface area contributed by atoms with Gasteiger partial charge in [-0.1, -0.05) is 30.7 Å². The first-order chi connectivity index (χ1) is 8.63. The standard InChI is InChI=1S/C14H18ClNO2/c1-2-8-16(9-14(17)18)13-7-6-10-11(13)4-3-5-12(10)15/h3-5,13H,2,6-9H2,1H3,(H,17,18). The second-order valence-corrected chi connectivity index (χ2v) is 5.13. The summed E-state index contributed by atoms with van der Waals surface area (Å²) in [5.74, 6) is -0.765. The summed E-state index contributed by atoms with van der Waals surface area (Å²) >= 11 is 6.19. The van der Waals surface area contributed by atoms with Crippen LogP contribution < -0.4 is 0 Å². The van der Waals surface area contributed by atoms with Crippen molar-refractivity contribution in [1.82, 2.24) is 4.90 Å². The van der Waals surface area contributed by atoms with Gasteiger partial charge in [-0.05, 0) is 43.0 Å². The molecule has 18 heavy (non-hydrogen) atoms. The molecule has 1 aliphatic rings. The fourth-order valence-corrected chi connectivity index (χ4v) is 3.05. The van der Waals surface area contributed by atoms with Gasteiger partial charge < -0.3 is 5.11 Å². The van der Waals surface area contributed by atoms with Gasteiger partial charge in [0.05, 0.1) is 6.54 Å². The quantitative estimate of drug-likeness (QED) is 0.891. The third-order valence-corrected chi connectivity index (χ3v) is 3.83. The van der Waals surface area contributed by atoms with E-state index in [4.69, 9.17) is 16.7 Å². The van der Waals surface area contributed by atoms with Crippen molar-refractivity contribution < 1.29 is 9.90 Å². The van der Waals surface area contributed by atoms with Crippen molar-refractivity contribution in [1.29, 1.82) is 0 Å². The third-order valence-electron chi connectivity index (χ3n) is 3.47. The fraction of sp³-hybridized carbons (Fsp3) is 0.500. The van der Waals surface area contributed by atoms with Crippen molar-refractivity contribution >= 4 is 17.6 Å². The van der Waals surface area contributed by atoms with Crippen LogP contribution in [0.25, 0.3) is 0 Å². The van der Waals surface area contributed by atoms with Crippen LogP contribution in [0.3, 0.4) is 0 Å². The van der Waals surface area contributed by atoms with Crippen molar-refractivity contribution in [3.63, 3.8) is 0 Å². The van der Waals surface area contributed by atoms with Crippen molar-refractivity contribution in [3.8, 4) is 0 Å². The van der Waals surface area contributed by atoms with Gasteiger partial charge >= 0.3 is 5.97 Å². The molecule has 0 aromatic heterocycles. The molecule has 0 saturated carbocycles. The molecule has 2 rings (SSSR count). The number of halogens is 1. The molecule has 3 nitrogen and oxygen atoms in total. The average Bonchev–Trinajstić information content (AvgIpc) is 2.73. The second-order valence-electron chi connectivity index (χ2n) is 4.73. The molecule has 1 aromatic carbocycles. The molecule has 1 N–H and O–H groups in total. The molecule has 1 unspecified atom stereocenters. The first kappa shape index (κ1) is 13.4. The number of rotatable bonds is 5. The molecular formula is C14H18ClNO2. The monoisotopic (exact) mass is 267 g/mol. The molecule has 4 heteroatoms. The maximum atomic E-state index is 11.0. The van der Waals surface area contributed by atoms with E-state index in [0.29, 0.717) is 0 Å². The van der Waals surface area contributed by atoms with Gasteiger partial charge in [0.2, 0.25) is 0 Å². The SMILES string of the molecule is CCCN(CC(=O)O)C1CCc2c(Cl)cccc21. The van der Waals surface area contributed by atoms with Crippen LogP contribution in [0.4, 0.5) is 0 Å². The summed E-state index contributed by atoms with van der Waals surface area (Å²) in [6, 6.07) is 6.13. The van der Waals surface area contributed by atoms with E-state index in [1.54, 1.807) is 0 Å². The number of carboxylic acids is 1. The van der Waals surface area contributed by atoms with Crippen LogP contribution in [-0.4, -0.2) is 29.1 Å². The fourth-order valence-electron chi connectivity index (χ4n) is 2.77. The van der Waals surface area contributed by atoms with E-state index in [-0.39, 0.29) is 12.6 Å². The molecule has 0 heterocycles. The lowest BCUT2D eigenvalue weighted by molar-refractivity contribution is -0.139. The lowest BCUT2D eigenvalue weighted by Crippen LogP contribution is -2.33. The van der Waals surface area contributed by atoms with Gasteiger partial charge in [0, 0.05) is 11.1 Å². The van der Waals surface area contributed by atoms with Crippen molar-refractivity contribution in [2.75, 3.05) is 13.1 Å². The Morgan fingerprint density at radius 3 is 3.00 bits per heavy atom. The Morgan fingerprint density at radius 1 is 1.56 bits per heavy atom. The number of benzene rings is 1. The van der Waals surface area contributed by atoms with Gasteiger partial charge in [0.1, 0.15) is 0 Å². The van der Waals surface area contributed by atoms with Crippen LogP contribution in [0.15, 0.2) is 18.2 Å². The minimum Gasteiger partial charge on any atom is -0.480 e. The van der Waals surface area contributed by atoms with E-state index < -0.39 is 5.97 Å². The van der Waals surface area contributed by atoms with E-state index in [1.165, 1.54) is 11.1 Å². The number of carbonyl (C=O) groups is 1. The molecule has 0 bridgehead atoms. The minimum atomic E-state index is -0.765. The number of nitrogens with zero attached hydrogens (tertiary/aromatic N) is 1. The lowest BCUT2D eigenvalue weighted by atomic mass is 10.1. The number of aliphatic carboxylic acids is 1. The highest BCUT2D eigenvalue weighted by Crippen LogP contribution is 2.38. The summed E-state index contributed by atoms with van der Waals surface area (Å²) < 4.78 is 0. The summed E-state index contributed by atoms with van der Waals surface area (Å²) in [5.41, 5.74) is 2.40. The molecule has 1 aliphatic carbocycles. The van der Waals surface area contributed by atoms with Crippen LogP contribution in [0.2, 0.25) is 5.02 Å². The largest absolute Gasteiger partial charge is 0.480 e. The second kappa shape index (κ2) is 5.72. The van der Waals surface area contributed by atoms with E-state index in [2.05, 4.69) is 13.0 Å². The number of fused-ring (bicyclic) bond motifs is 1. The maximum Gasteiger partial charge on any atom is 0.317 e. The van der Waals surface area contributed by atoms with Gasteiger partial charge in [-0.2, -0.15) is 0 Å². The minimum absolute atomic E-state index is 0.102. The van der Waals surface area contributed by atoms with Gasteiger partial charge in [0.25, 0.3) is 0 Å². The normalized spacial score (nSPS) is 18.1. The van der Waals surface area contributed by atoms with Crippen LogP contribution >= 0.6 is 11.6 Å². The molecule has 0 saturated heterocycles. The number of carboxylic acid groups (broad SMARTS) is 1. The highest BCUT2D eigenvalue weighted by Gasteiger charge is 2.29. The van der Waals surface area contributed by atoms with Crippen LogP contribution in [0.5, 0.6) is 0 Å². The van der Waals surface area contributed by atoms with Crippen LogP contribution in [0, 0.1) is 0 Å². The first-order valence-electron chi connectivity index (χ1n) is 6.36. The predicted octanol–water partition coefficient (Wildman–Crippen LogP) is 3.12. The van der Waals surface area contributed by atoms with Crippen LogP contribution in [-0.2, 0) is 11.2 Å². The van der Waals surface area contributed by atoms with Gasteiger partial charge in [-0.15, -0.1) is 0 Å². The molecule has 0 spiro atoms. The predicted molar refractivity (Wildman–Crippen MR) is 72.0 cm³/mol. The molecule has 0 aliphatic heterocycles. The summed E-state index contributed by atoms with van der Waals surface area (Å²) in [7, 11) is 0. The van der Waals surface area contributed by atoms with E-state index in [0.717, 1.165) is 30.8 Å². The Hall–Kier alpha value is -1.06. The molecular weight excluding hydrogens is 250 g/mol. The summed E-state index contributed by atoms with van der Waals surface area (Å²) in [6.07, 6.45) is 2.87. The average molecular weight is 268 g/mol. The molecule has 98 valence electrons. The van der Waals surface area contributed by atoms with Gasteiger partial charge in [-0.3, -0.25) is 9.69 Å². The highest BCUT2D eigenvalue weighted by molar-refractivity contribution is 6.31. The van der Waals surface area contributed by atoms with E-state index in [1.807, 2.05) is 17.0 Å². The summed E-state index contributed by atoms with van der Waals surface area (Å²) in [5, 5.41) is 9.81. The van der Waals surface area contributed by atoms with Crippen molar-refractivity contribution in [3.05, 3.63) is 34.3 Å². The van der Waals surface area contributed by atoms with Crippen molar-refractivity contribution in [2.45, 2.75) is 32.2 Å². The molecule has 1 aromatic rings. The molecule has 0 amide bonds. The Morgan fingerprint density at radius 2 is 2.33 bits per heavy atom. The van der Waals surface area contributed by atoms with Crippen LogP contribution in [0.1, 0.15) is 36.9 Å². The topological polar surface area (TPSA) is 40.5 Å². The third kappa shape index (κ3) is 2.68. The summed E-state index contributed by atoms with van der Waals surface area (Å²) in [6.45, 7) is 2.98. The number of hydrogen-bond donors (Lipinski definition) is 1. The van der Waals surface area contributed by atoms with E-state index in [9.17, 15) is 4.79 Å². The first-order valence-corrected chi connectivity index (χ1v) is 6.74. The Bertz CT molecular complexity index is 447. The smallest absolute Gasteiger partial charge is 0.317 e. The zero-order chi connectivity index (χ0) is 13.1. The Kier molecular flexibility index (Phi) is 4.25. The maximum absolute atomic E-state index is 11.0. The van der Waals surface area contributed by atoms with Gasteiger partial charge in [-0.25, -0.2) is 0 Å².